The predicted molar refractivity (Wildman–Crippen MR) is 140 cm³/mol. The van der Waals surface area contributed by atoms with E-state index in [0.29, 0.717) is 16.7 Å². The molecule has 0 aromatic heterocycles. The second-order valence-electron chi connectivity index (χ2n) is 12.0. The molecule has 0 atom stereocenters. The smallest absolute Gasteiger partial charge is 0.416 e. The Morgan fingerprint density at radius 2 is 1.43 bits per heavy atom. The molecule has 2 aromatic carbocycles. The van der Waals surface area contributed by atoms with Crippen molar-refractivity contribution in [1.82, 2.24) is 0 Å². The third-order valence-electron chi connectivity index (χ3n) is 6.01. The summed E-state index contributed by atoms with van der Waals surface area (Å²) in [6, 6.07) is 9.01. The number of aliphatic carboxylic acids is 1. The Morgan fingerprint density at radius 1 is 0.892 bits per heavy atom. The molecule has 0 aliphatic rings. The van der Waals surface area contributed by atoms with Gasteiger partial charge in [-0.05, 0) is 23.0 Å². The van der Waals surface area contributed by atoms with Crippen molar-refractivity contribution in [3.8, 4) is 11.5 Å². The zero-order valence-corrected chi connectivity index (χ0v) is 23.8. The summed E-state index contributed by atoms with van der Waals surface area (Å²) < 4.78 is 51.7. The van der Waals surface area contributed by atoms with Crippen LogP contribution < -0.4 is 14.7 Å². The van der Waals surface area contributed by atoms with Crippen LogP contribution in [-0.2, 0) is 26.6 Å². The lowest BCUT2D eigenvalue weighted by Gasteiger charge is -2.31. The number of hydrogen-bond acceptors (Lipinski definition) is 4. The molecule has 0 fully saturated rings. The van der Waals surface area contributed by atoms with E-state index in [1.807, 2.05) is 54.6 Å². The number of carbonyl (C=O) groups is 2. The molecule has 37 heavy (non-hydrogen) atoms. The lowest BCUT2D eigenvalue weighted by Crippen LogP contribution is -2.47. The van der Waals surface area contributed by atoms with Crippen LogP contribution in [0.25, 0.3) is 0 Å². The van der Waals surface area contributed by atoms with Crippen molar-refractivity contribution in [3.63, 3.8) is 0 Å². The summed E-state index contributed by atoms with van der Waals surface area (Å²) >= 11 is 0. The molecule has 0 bridgehead atoms. The minimum atomic E-state index is -4.41. The Balaban J connectivity index is 2.47. The lowest BCUT2D eigenvalue weighted by atomic mass is 9.79. The first-order valence-corrected chi connectivity index (χ1v) is 15.3. The lowest BCUT2D eigenvalue weighted by molar-refractivity contribution is -0.142. The first kappa shape index (κ1) is 30.4. The molecular weight excluding hydrogens is 501 g/mol. The van der Waals surface area contributed by atoms with Crippen LogP contribution in [0.5, 0.6) is 11.5 Å². The van der Waals surface area contributed by atoms with Gasteiger partial charge in [0.05, 0.1) is 24.6 Å². The van der Waals surface area contributed by atoms with Gasteiger partial charge in [0.25, 0.3) is 0 Å². The van der Waals surface area contributed by atoms with Gasteiger partial charge in [0.1, 0.15) is 19.6 Å². The third kappa shape index (κ3) is 8.35. The maximum absolute atomic E-state index is 13.3. The molecule has 0 saturated heterocycles. The quantitative estimate of drug-likeness (QED) is 0.233. The zero-order valence-electron chi connectivity index (χ0n) is 22.8. The van der Waals surface area contributed by atoms with Crippen molar-refractivity contribution in [2.24, 2.45) is 0 Å². The van der Waals surface area contributed by atoms with Crippen molar-refractivity contribution in [3.05, 3.63) is 53.1 Å². The standard InChI is InChI=1S/C28H37F3O5Si/c1-26(2,3)21-15-19(16-22(27(4,5)6)25(21)36-24(34)13-12-23(32)33)35-17-37(7,8)20-11-9-10-18(14-20)28(29,30)31/h9-11,14-16H,12-13,17H2,1-8H3,(H,32,33). The SMILES string of the molecule is CC(C)(C)c1cc(OC[Si](C)(C)c2cccc(C(F)(F)F)c2)cc(C(C)(C)C)c1OC(=O)CCC(=O)O. The predicted octanol–water partition coefficient (Wildman–Crippen LogP) is 6.60. The summed E-state index contributed by atoms with van der Waals surface area (Å²) in [6.45, 7) is 15.7. The summed E-state index contributed by atoms with van der Waals surface area (Å²) in [7, 11) is -2.42. The number of alkyl halides is 3. The molecule has 0 heterocycles. The molecule has 0 unspecified atom stereocenters. The molecule has 1 N–H and O–H groups in total. The summed E-state index contributed by atoms with van der Waals surface area (Å²) in [6.07, 6.45) is -4.75. The average Bonchev–Trinajstić information content (AvgIpc) is 2.74. The second-order valence-corrected chi connectivity index (χ2v) is 16.6. The fraction of sp³-hybridized carbons (Fsp3) is 0.500. The van der Waals surface area contributed by atoms with Gasteiger partial charge in [0.2, 0.25) is 0 Å². The number of benzene rings is 2. The van der Waals surface area contributed by atoms with Gasteiger partial charge in [-0.15, -0.1) is 0 Å². The van der Waals surface area contributed by atoms with Crippen molar-refractivity contribution >= 4 is 25.2 Å². The first-order chi connectivity index (χ1) is 16.7. The number of carbonyl (C=O) groups excluding carboxylic acids is 1. The van der Waals surface area contributed by atoms with E-state index in [0.717, 1.165) is 17.2 Å². The van der Waals surface area contributed by atoms with Crippen LogP contribution >= 0.6 is 0 Å². The summed E-state index contributed by atoms with van der Waals surface area (Å²) in [5.41, 5.74) is -0.134. The highest BCUT2D eigenvalue weighted by atomic mass is 28.3. The van der Waals surface area contributed by atoms with Crippen LogP contribution in [0.3, 0.4) is 0 Å². The third-order valence-corrected chi connectivity index (χ3v) is 8.75. The Bertz CT molecular complexity index is 1110. The Morgan fingerprint density at radius 3 is 1.89 bits per heavy atom. The van der Waals surface area contributed by atoms with Crippen molar-refractivity contribution in [2.45, 2.75) is 84.5 Å². The van der Waals surface area contributed by atoms with Crippen LogP contribution in [0.15, 0.2) is 36.4 Å². The first-order valence-electron chi connectivity index (χ1n) is 12.1. The van der Waals surface area contributed by atoms with Gasteiger partial charge in [-0.2, -0.15) is 13.2 Å². The normalized spacial score (nSPS) is 12.8. The van der Waals surface area contributed by atoms with Gasteiger partial charge >= 0.3 is 18.1 Å². The second kappa shape index (κ2) is 10.9. The Kier molecular flexibility index (Phi) is 8.95. The van der Waals surface area contributed by atoms with Gasteiger partial charge in [0, 0.05) is 11.1 Å². The van der Waals surface area contributed by atoms with Crippen LogP contribution in [0.1, 0.15) is 71.1 Å². The summed E-state index contributed by atoms with van der Waals surface area (Å²) in [5, 5.41) is 9.56. The van der Waals surface area contributed by atoms with Crippen molar-refractivity contribution in [1.29, 1.82) is 0 Å². The molecule has 0 spiro atoms. The van der Waals surface area contributed by atoms with Crippen LogP contribution in [0.4, 0.5) is 13.2 Å². The molecule has 5 nitrogen and oxygen atoms in total. The number of carboxylic acids is 1. The zero-order chi connectivity index (χ0) is 28.4. The van der Waals surface area contributed by atoms with E-state index in [9.17, 15) is 22.8 Å². The highest BCUT2D eigenvalue weighted by Crippen LogP contribution is 2.43. The van der Waals surface area contributed by atoms with E-state index in [-0.39, 0.29) is 19.1 Å². The van der Waals surface area contributed by atoms with Gasteiger partial charge < -0.3 is 14.6 Å². The van der Waals surface area contributed by atoms with Gasteiger partial charge in [-0.1, -0.05) is 84.1 Å². The van der Waals surface area contributed by atoms with E-state index in [2.05, 4.69) is 0 Å². The Labute approximate surface area is 218 Å². The van der Waals surface area contributed by atoms with Crippen LogP contribution in [0.2, 0.25) is 13.1 Å². The molecule has 0 aliphatic carbocycles. The summed E-state index contributed by atoms with van der Waals surface area (Å²) in [5.74, 6) is -0.796. The van der Waals surface area contributed by atoms with E-state index in [1.165, 1.54) is 12.1 Å². The largest absolute Gasteiger partial charge is 0.497 e. The maximum Gasteiger partial charge on any atom is 0.416 e. The van der Waals surface area contributed by atoms with Gasteiger partial charge in [0.15, 0.2) is 0 Å². The molecule has 0 amide bonds. The molecular formula is C28H37F3O5Si. The van der Waals surface area contributed by atoms with E-state index in [4.69, 9.17) is 14.6 Å². The number of halogens is 3. The minimum absolute atomic E-state index is 0.249. The molecule has 204 valence electrons. The highest BCUT2D eigenvalue weighted by Gasteiger charge is 2.34. The number of ether oxygens (including phenoxy) is 2. The average molecular weight is 539 g/mol. The highest BCUT2D eigenvalue weighted by molar-refractivity contribution is 6.89. The maximum atomic E-state index is 13.3. The monoisotopic (exact) mass is 538 g/mol. The molecule has 9 heteroatoms. The number of carboxylic acid groups (broad SMARTS) is 1. The van der Waals surface area contributed by atoms with E-state index >= 15 is 0 Å². The molecule has 2 aromatic rings. The molecule has 0 aliphatic heterocycles. The number of hydrogen-bond donors (Lipinski definition) is 1. The molecule has 2 rings (SSSR count). The number of esters is 1. The van der Waals surface area contributed by atoms with E-state index < -0.39 is 42.6 Å². The van der Waals surface area contributed by atoms with Crippen molar-refractivity contribution < 1.29 is 37.3 Å². The topological polar surface area (TPSA) is 72.8 Å². The van der Waals surface area contributed by atoms with Crippen molar-refractivity contribution in [2.75, 3.05) is 6.23 Å². The molecule has 0 saturated carbocycles. The van der Waals surface area contributed by atoms with Gasteiger partial charge in [-0.25, -0.2) is 0 Å². The fourth-order valence-corrected chi connectivity index (χ4v) is 5.54. The molecule has 0 radical (unpaired) electrons. The summed E-state index contributed by atoms with van der Waals surface area (Å²) in [4.78, 5) is 23.4. The van der Waals surface area contributed by atoms with Gasteiger partial charge in [-0.3, -0.25) is 9.59 Å². The van der Waals surface area contributed by atoms with E-state index in [1.54, 1.807) is 18.2 Å². The van der Waals surface area contributed by atoms with Crippen LogP contribution in [-0.4, -0.2) is 31.3 Å². The number of rotatable bonds is 8. The Hall–Kier alpha value is -2.81. The van der Waals surface area contributed by atoms with Crippen LogP contribution in [0, 0.1) is 0 Å². The minimum Gasteiger partial charge on any atom is -0.497 e. The fourth-order valence-electron chi connectivity index (χ4n) is 3.75.